The third-order valence-electron chi connectivity index (χ3n) is 13.6. The van der Waals surface area contributed by atoms with Gasteiger partial charge in [-0.3, -0.25) is 0 Å². The van der Waals surface area contributed by atoms with Gasteiger partial charge in [0.1, 0.15) is 0 Å². The Bertz CT molecular complexity index is 939. The summed E-state index contributed by atoms with van der Waals surface area (Å²) in [4.78, 5) is 0. The van der Waals surface area contributed by atoms with Crippen molar-refractivity contribution in [3.8, 4) is 0 Å². The van der Waals surface area contributed by atoms with Gasteiger partial charge in [-0.2, -0.15) is 0 Å². The van der Waals surface area contributed by atoms with Gasteiger partial charge in [-0.05, 0) is 119 Å². The van der Waals surface area contributed by atoms with Crippen LogP contribution >= 0.6 is 0 Å². The Hall–Kier alpha value is -0.460. The fraction of sp³-hybridized carbons (Fsp3) is 0.938. The molecule has 208 valence electrons. The van der Waals surface area contributed by atoms with Crippen LogP contribution in [0, 0.1) is 51.8 Å². The zero-order valence-electron chi connectivity index (χ0n) is 23.5. The van der Waals surface area contributed by atoms with Crippen LogP contribution in [0.3, 0.4) is 0 Å². The van der Waals surface area contributed by atoms with Gasteiger partial charge in [0.2, 0.25) is 0 Å². The summed E-state index contributed by atoms with van der Waals surface area (Å²) in [5, 5.41) is 42.6. The minimum Gasteiger partial charge on any atom is -0.393 e. The van der Waals surface area contributed by atoms with Crippen LogP contribution in [0.5, 0.6) is 0 Å². The first-order valence-electron chi connectivity index (χ1n) is 15.8. The van der Waals surface area contributed by atoms with E-state index in [1.54, 1.807) is 0 Å². The van der Waals surface area contributed by atoms with Crippen molar-refractivity contribution < 1.29 is 15.3 Å². The average molecular weight is 513 g/mol. The summed E-state index contributed by atoms with van der Waals surface area (Å²) in [7, 11) is 2.07. The largest absolute Gasteiger partial charge is 0.393 e. The van der Waals surface area contributed by atoms with Crippen LogP contribution < -0.4 is 10.6 Å². The molecule has 1 heterocycles. The number of hydrogen-bond acceptors (Lipinski definition) is 5. The fourth-order valence-electron chi connectivity index (χ4n) is 12.6. The van der Waals surface area contributed by atoms with Crippen LogP contribution in [-0.2, 0) is 0 Å². The van der Waals surface area contributed by atoms with Gasteiger partial charge in [-0.25, -0.2) is 0 Å². The lowest BCUT2D eigenvalue weighted by Crippen LogP contribution is -2.76. The summed E-state index contributed by atoms with van der Waals surface area (Å²) in [6, 6.07) is 1.09. The summed E-state index contributed by atoms with van der Waals surface area (Å²) in [5.41, 5.74) is -0.598. The number of piperidine rings is 1. The Kier molecular flexibility index (Phi) is 5.87. The number of hydrogen-bond donors (Lipinski definition) is 5. The number of likely N-dealkylation sites (N-methyl/N-ethyl adjacent to an activating group) is 1. The first-order chi connectivity index (χ1) is 17.6. The lowest BCUT2D eigenvalue weighted by molar-refractivity contribution is -0.308. The Morgan fingerprint density at radius 3 is 2.73 bits per heavy atom. The second kappa shape index (κ2) is 8.52. The maximum Gasteiger partial charge on any atom is 0.0693 e. The number of nitrogens with one attached hydrogen (secondary N) is 2. The lowest BCUT2D eigenvalue weighted by Gasteiger charge is -2.75. The van der Waals surface area contributed by atoms with E-state index in [2.05, 4.69) is 36.8 Å². The summed E-state index contributed by atoms with van der Waals surface area (Å²) in [6.07, 6.45) is 17.5. The Labute approximate surface area is 224 Å². The van der Waals surface area contributed by atoms with Crippen LogP contribution in [0.2, 0.25) is 0 Å². The molecule has 6 fully saturated rings. The number of aliphatic hydroxyl groups excluding tert-OH is 2. The summed E-state index contributed by atoms with van der Waals surface area (Å²) < 4.78 is 0. The molecule has 0 amide bonds. The van der Waals surface area contributed by atoms with Gasteiger partial charge in [0.05, 0.1) is 17.8 Å². The van der Waals surface area contributed by atoms with Crippen molar-refractivity contribution in [1.29, 1.82) is 0 Å². The second-order valence-corrected chi connectivity index (χ2v) is 15.6. The van der Waals surface area contributed by atoms with E-state index < -0.39 is 5.60 Å². The highest BCUT2D eigenvalue weighted by Crippen LogP contribution is 2.83. The molecule has 5 N–H and O–H groups in total. The maximum atomic E-state index is 12.7. The zero-order chi connectivity index (χ0) is 25.8. The van der Waals surface area contributed by atoms with Crippen LogP contribution in [0.25, 0.3) is 0 Å². The van der Waals surface area contributed by atoms with Crippen LogP contribution in [0.4, 0.5) is 0 Å². The highest BCUT2D eigenvalue weighted by Gasteiger charge is 2.82. The normalized spacial score (nSPS) is 57.9. The Morgan fingerprint density at radius 2 is 1.95 bits per heavy atom. The molecule has 0 aromatic heterocycles. The average Bonchev–Trinajstić information content (AvgIpc) is 3.21. The van der Waals surface area contributed by atoms with Gasteiger partial charge in [-0.15, -0.1) is 0 Å². The van der Waals surface area contributed by atoms with Crippen molar-refractivity contribution in [3.05, 3.63) is 12.2 Å². The molecule has 3 bridgehead atoms. The Balaban J connectivity index is 1.29. The molecule has 0 unspecified atom stereocenters. The van der Waals surface area contributed by atoms with Gasteiger partial charge in [-0.1, -0.05) is 31.9 Å². The van der Waals surface area contributed by atoms with Crippen molar-refractivity contribution in [2.45, 2.75) is 121 Å². The quantitative estimate of drug-likeness (QED) is 0.347. The number of rotatable bonds is 6. The molecule has 5 saturated carbocycles. The molecule has 0 radical (unpaired) electrons. The Morgan fingerprint density at radius 1 is 1.11 bits per heavy atom. The summed E-state index contributed by atoms with van der Waals surface area (Å²) in [6.45, 7) is 5.33. The first-order valence-corrected chi connectivity index (χ1v) is 15.8. The molecule has 1 saturated heterocycles. The van der Waals surface area contributed by atoms with E-state index in [9.17, 15) is 15.3 Å². The molecule has 14 atom stereocenters. The molecular weight excluding hydrogens is 460 g/mol. The second-order valence-electron chi connectivity index (χ2n) is 15.6. The van der Waals surface area contributed by atoms with E-state index >= 15 is 0 Å². The SMILES string of the molecule is CNC[C@@H]1CC[C@@H]2C[C@@]34[C@@H](O)[C@@H]5C=C[C@H]6C[C@]5(C)C[C@](O)(C6)[C@@H]3C[C@@]43C[C@@H](CCC[C@H](C)O)C[C@H]3[C@@H]2N1. The van der Waals surface area contributed by atoms with Gasteiger partial charge in [0.15, 0.2) is 0 Å². The molecule has 7 rings (SSSR count). The highest BCUT2D eigenvalue weighted by molar-refractivity contribution is 5.33. The fourth-order valence-corrected chi connectivity index (χ4v) is 12.6. The predicted molar refractivity (Wildman–Crippen MR) is 146 cm³/mol. The molecule has 2 spiro atoms. The lowest BCUT2D eigenvalue weighted by atomic mass is 9.30. The van der Waals surface area contributed by atoms with E-state index in [1.165, 1.54) is 32.1 Å². The van der Waals surface area contributed by atoms with E-state index in [0.29, 0.717) is 35.8 Å². The van der Waals surface area contributed by atoms with E-state index in [1.807, 2.05) is 6.92 Å². The molecule has 6 aliphatic carbocycles. The number of fused-ring (bicyclic) bond motifs is 5. The van der Waals surface area contributed by atoms with Gasteiger partial charge in [0, 0.05) is 30.0 Å². The summed E-state index contributed by atoms with van der Waals surface area (Å²) in [5.74, 6) is 2.79. The van der Waals surface area contributed by atoms with E-state index in [-0.39, 0.29) is 40.3 Å². The topological polar surface area (TPSA) is 84.8 Å². The first kappa shape index (κ1) is 25.5. The van der Waals surface area contributed by atoms with Crippen LogP contribution in [-0.4, -0.2) is 58.8 Å². The minimum atomic E-state index is -0.623. The third-order valence-corrected chi connectivity index (χ3v) is 13.6. The predicted octanol–water partition coefficient (Wildman–Crippen LogP) is 4.01. The van der Waals surface area contributed by atoms with Crippen molar-refractivity contribution in [2.75, 3.05) is 13.6 Å². The monoisotopic (exact) mass is 512 g/mol. The van der Waals surface area contributed by atoms with E-state index in [4.69, 9.17) is 0 Å². The van der Waals surface area contributed by atoms with Gasteiger partial charge < -0.3 is 26.0 Å². The van der Waals surface area contributed by atoms with Crippen molar-refractivity contribution >= 4 is 0 Å². The standard InChI is InChI=1S/C32H52N2O3/c1-19(35)5-4-6-20-11-25-27-22(8-9-23(34-27)17-33-3)15-32-26(16-30(25,32)13-20)31(37)14-21-7-10-24(28(32)36)29(2,12-21)18-31/h7,10,19-28,33-37H,4-6,8-9,11-18H2,1-3H3/t19-,20-,21-,22+,23-,24-,25-,26-,27+,28-,29+,30+,31+,32-/m0/s1. The summed E-state index contributed by atoms with van der Waals surface area (Å²) >= 11 is 0. The van der Waals surface area contributed by atoms with Crippen LogP contribution in [0.15, 0.2) is 12.2 Å². The number of aliphatic hydroxyl groups is 3. The molecule has 5 heteroatoms. The number of allylic oxidation sites excluding steroid dienone is 1. The molecule has 5 nitrogen and oxygen atoms in total. The van der Waals surface area contributed by atoms with Crippen LogP contribution in [0.1, 0.15) is 90.9 Å². The smallest absolute Gasteiger partial charge is 0.0693 e. The van der Waals surface area contributed by atoms with Gasteiger partial charge in [0.25, 0.3) is 0 Å². The van der Waals surface area contributed by atoms with E-state index in [0.717, 1.165) is 51.5 Å². The molecule has 1 aliphatic heterocycles. The molecule has 37 heavy (non-hydrogen) atoms. The van der Waals surface area contributed by atoms with Gasteiger partial charge >= 0.3 is 0 Å². The minimum absolute atomic E-state index is 0.0173. The maximum absolute atomic E-state index is 12.7. The molecule has 0 aromatic rings. The highest BCUT2D eigenvalue weighted by atomic mass is 16.3. The zero-order valence-corrected chi connectivity index (χ0v) is 23.5. The third kappa shape index (κ3) is 3.39. The van der Waals surface area contributed by atoms with Crippen molar-refractivity contribution in [3.63, 3.8) is 0 Å². The van der Waals surface area contributed by atoms with Crippen molar-refractivity contribution in [1.82, 2.24) is 10.6 Å². The molecule has 0 aromatic carbocycles. The molecule has 7 aliphatic rings. The molecular formula is C32H52N2O3. The van der Waals surface area contributed by atoms with Crippen molar-refractivity contribution in [2.24, 2.45) is 51.8 Å².